The molecule has 2 aromatic rings. The highest BCUT2D eigenvalue weighted by Crippen LogP contribution is 2.29. The van der Waals surface area contributed by atoms with Gasteiger partial charge in [-0.05, 0) is 30.7 Å². The predicted octanol–water partition coefficient (Wildman–Crippen LogP) is 2.26. The quantitative estimate of drug-likeness (QED) is 0.697. The fraction of sp³-hybridized carbons (Fsp3) is 0.417. The van der Waals surface area contributed by atoms with Crippen LogP contribution in [-0.2, 0) is 10.4 Å². The van der Waals surface area contributed by atoms with Gasteiger partial charge in [-0.1, -0.05) is 41.9 Å². The van der Waals surface area contributed by atoms with Crippen LogP contribution >= 0.6 is 11.6 Å². The van der Waals surface area contributed by atoms with E-state index in [1.165, 1.54) is 4.90 Å². The van der Waals surface area contributed by atoms with E-state index in [4.69, 9.17) is 11.6 Å². The van der Waals surface area contributed by atoms with Crippen molar-refractivity contribution >= 4 is 29.1 Å². The van der Waals surface area contributed by atoms with Crippen molar-refractivity contribution in [2.75, 3.05) is 45.6 Å². The summed E-state index contributed by atoms with van der Waals surface area (Å²) in [5.41, 5.74) is 0.478. The van der Waals surface area contributed by atoms with E-state index >= 15 is 0 Å². The number of aliphatic hydroxyl groups is 1. The molecule has 4 rings (SSSR count). The molecule has 170 valence electrons. The molecular weight excluding hydrogens is 428 g/mol. The molecule has 0 spiro atoms. The van der Waals surface area contributed by atoms with Crippen LogP contribution in [0.3, 0.4) is 0 Å². The Bertz CT molecular complexity index is 1000. The summed E-state index contributed by atoms with van der Waals surface area (Å²) in [6.45, 7) is 4.56. The highest BCUT2D eigenvalue weighted by Gasteiger charge is 2.45. The fourth-order valence-electron chi connectivity index (χ4n) is 4.20. The maximum absolute atomic E-state index is 12.8. The third-order valence-electron chi connectivity index (χ3n) is 6.30. The van der Waals surface area contributed by atoms with Crippen molar-refractivity contribution in [2.24, 2.45) is 0 Å². The van der Waals surface area contributed by atoms with E-state index in [9.17, 15) is 14.7 Å². The minimum absolute atomic E-state index is 0.119. The molecule has 7 nitrogen and oxygen atoms in total. The van der Waals surface area contributed by atoms with E-state index in [-0.39, 0.29) is 11.8 Å². The molecule has 0 bridgehead atoms. The normalized spacial score (nSPS) is 19.0. The highest BCUT2D eigenvalue weighted by atomic mass is 35.5. The van der Waals surface area contributed by atoms with Gasteiger partial charge < -0.3 is 20.2 Å². The molecule has 8 heteroatoms. The van der Waals surface area contributed by atoms with Gasteiger partial charge in [0.2, 0.25) is 0 Å². The molecule has 0 aliphatic carbocycles. The number of carbonyl (C=O) groups excluding carboxylic acids is 2. The van der Waals surface area contributed by atoms with E-state index in [1.807, 2.05) is 24.3 Å². The second-order valence-electron chi connectivity index (χ2n) is 8.99. The number of amides is 2. The number of nitrogens with one attached hydrogen (secondary N) is 1. The average Bonchev–Trinajstić information content (AvgIpc) is 2.70. The Morgan fingerprint density at radius 2 is 1.75 bits per heavy atom. The molecule has 2 fully saturated rings. The van der Waals surface area contributed by atoms with Crippen molar-refractivity contribution < 1.29 is 14.7 Å². The van der Waals surface area contributed by atoms with E-state index < -0.39 is 5.60 Å². The van der Waals surface area contributed by atoms with Gasteiger partial charge in [0.25, 0.3) is 11.8 Å². The molecule has 1 atom stereocenters. The summed E-state index contributed by atoms with van der Waals surface area (Å²) < 4.78 is 0. The molecule has 2 heterocycles. The number of hydrogen-bond acceptors (Lipinski definition) is 5. The van der Waals surface area contributed by atoms with Gasteiger partial charge in [-0.25, -0.2) is 0 Å². The van der Waals surface area contributed by atoms with Crippen molar-refractivity contribution in [3.63, 3.8) is 0 Å². The standard InChI is InChI=1S/C24H29ClN4O3/c1-24(32,16-7-5-4-6-8-16)23(31)29-14-19(15-29)28-12-18(13-28)26-17-9-10-20(21(25)11-17)22(30)27(2)3/h4-11,18-19,26,32H,12-15H2,1-3H3. The van der Waals surface area contributed by atoms with Crippen LogP contribution in [0.5, 0.6) is 0 Å². The van der Waals surface area contributed by atoms with Crippen LogP contribution in [0.2, 0.25) is 5.02 Å². The number of nitrogens with zero attached hydrogens (tertiary/aromatic N) is 3. The smallest absolute Gasteiger partial charge is 0.258 e. The predicted molar refractivity (Wildman–Crippen MR) is 125 cm³/mol. The Hall–Kier alpha value is -2.61. The average molecular weight is 457 g/mol. The number of likely N-dealkylation sites (tertiary alicyclic amines) is 2. The molecule has 2 saturated heterocycles. The number of halogens is 1. The van der Waals surface area contributed by atoms with Gasteiger partial charge in [-0.3, -0.25) is 14.5 Å². The summed E-state index contributed by atoms with van der Waals surface area (Å²) in [5, 5.41) is 14.6. The van der Waals surface area contributed by atoms with E-state index in [1.54, 1.807) is 50.2 Å². The van der Waals surface area contributed by atoms with Crippen molar-refractivity contribution in [3.05, 3.63) is 64.7 Å². The summed E-state index contributed by atoms with van der Waals surface area (Å²) in [6.07, 6.45) is 0. The van der Waals surface area contributed by atoms with E-state index in [0.717, 1.165) is 18.8 Å². The zero-order valence-electron chi connectivity index (χ0n) is 18.6. The van der Waals surface area contributed by atoms with Crippen LogP contribution in [0, 0.1) is 0 Å². The monoisotopic (exact) mass is 456 g/mol. The van der Waals surface area contributed by atoms with Crippen molar-refractivity contribution in [1.82, 2.24) is 14.7 Å². The van der Waals surface area contributed by atoms with Gasteiger partial charge in [0.15, 0.2) is 5.60 Å². The van der Waals surface area contributed by atoms with Gasteiger partial charge in [-0.15, -0.1) is 0 Å². The molecule has 2 aromatic carbocycles. The number of benzene rings is 2. The lowest BCUT2D eigenvalue weighted by Gasteiger charge is -2.53. The molecule has 1 unspecified atom stereocenters. The van der Waals surface area contributed by atoms with Gasteiger partial charge in [0.05, 0.1) is 16.6 Å². The van der Waals surface area contributed by atoms with Crippen molar-refractivity contribution in [1.29, 1.82) is 0 Å². The third kappa shape index (κ3) is 4.33. The van der Waals surface area contributed by atoms with E-state index in [0.29, 0.717) is 41.3 Å². The summed E-state index contributed by atoms with van der Waals surface area (Å²) in [7, 11) is 3.40. The highest BCUT2D eigenvalue weighted by molar-refractivity contribution is 6.34. The minimum Gasteiger partial charge on any atom is -0.380 e. The number of anilines is 1. The SMILES string of the molecule is CN(C)C(=O)c1ccc(NC2CN(C3CN(C(=O)C(C)(O)c4ccccc4)C3)C2)cc1Cl. The summed E-state index contributed by atoms with van der Waals surface area (Å²) in [6, 6.07) is 15.1. The van der Waals surface area contributed by atoms with Crippen molar-refractivity contribution in [3.8, 4) is 0 Å². The summed E-state index contributed by atoms with van der Waals surface area (Å²) in [5.74, 6) is -0.371. The zero-order valence-corrected chi connectivity index (χ0v) is 19.3. The molecule has 0 aromatic heterocycles. The zero-order chi connectivity index (χ0) is 23.0. The third-order valence-corrected chi connectivity index (χ3v) is 6.62. The summed E-state index contributed by atoms with van der Waals surface area (Å²) in [4.78, 5) is 30.5. The van der Waals surface area contributed by atoms with Gasteiger partial charge in [0, 0.05) is 52.0 Å². The first-order valence-electron chi connectivity index (χ1n) is 10.8. The van der Waals surface area contributed by atoms with Gasteiger partial charge in [0.1, 0.15) is 0 Å². The Morgan fingerprint density at radius 1 is 1.09 bits per heavy atom. The second kappa shape index (κ2) is 8.73. The molecule has 2 aliphatic heterocycles. The van der Waals surface area contributed by atoms with Crippen LogP contribution in [0.15, 0.2) is 48.5 Å². The number of carbonyl (C=O) groups is 2. The lowest BCUT2D eigenvalue weighted by Crippen LogP contribution is -2.70. The molecular formula is C24H29ClN4O3. The molecule has 2 amide bonds. The minimum atomic E-state index is -1.51. The fourth-order valence-corrected chi connectivity index (χ4v) is 4.46. The summed E-state index contributed by atoms with van der Waals surface area (Å²) >= 11 is 6.29. The Balaban J connectivity index is 1.25. The lowest BCUT2D eigenvalue weighted by molar-refractivity contribution is -0.159. The first-order chi connectivity index (χ1) is 15.2. The van der Waals surface area contributed by atoms with Crippen molar-refractivity contribution in [2.45, 2.75) is 24.6 Å². The van der Waals surface area contributed by atoms with E-state index in [2.05, 4.69) is 10.2 Å². The number of hydrogen-bond donors (Lipinski definition) is 2. The van der Waals surface area contributed by atoms with Gasteiger partial charge in [-0.2, -0.15) is 0 Å². The molecule has 32 heavy (non-hydrogen) atoms. The molecule has 2 N–H and O–H groups in total. The Morgan fingerprint density at radius 3 is 2.34 bits per heavy atom. The lowest BCUT2D eigenvalue weighted by atomic mass is 9.91. The number of rotatable bonds is 6. The van der Waals surface area contributed by atoms with Crippen LogP contribution in [0.1, 0.15) is 22.8 Å². The van der Waals surface area contributed by atoms with Crippen LogP contribution in [-0.4, -0.2) is 84.0 Å². The Kier molecular flexibility index (Phi) is 6.16. The van der Waals surface area contributed by atoms with Crippen LogP contribution in [0.4, 0.5) is 5.69 Å². The maximum Gasteiger partial charge on any atom is 0.258 e. The molecule has 0 saturated carbocycles. The largest absolute Gasteiger partial charge is 0.380 e. The first-order valence-corrected chi connectivity index (χ1v) is 11.1. The first kappa shape index (κ1) is 22.6. The van der Waals surface area contributed by atoms with Gasteiger partial charge >= 0.3 is 0 Å². The maximum atomic E-state index is 12.8. The second-order valence-corrected chi connectivity index (χ2v) is 9.40. The van der Waals surface area contributed by atoms with Crippen LogP contribution in [0.25, 0.3) is 0 Å². The molecule has 0 radical (unpaired) electrons. The molecule has 2 aliphatic rings. The van der Waals surface area contributed by atoms with Crippen LogP contribution < -0.4 is 5.32 Å². The topological polar surface area (TPSA) is 76.1 Å². The Labute approximate surface area is 193 Å².